The van der Waals surface area contributed by atoms with Gasteiger partial charge >= 0.3 is 11.9 Å². The summed E-state index contributed by atoms with van der Waals surface area (Å²) in [5.41, 5.74) is 0.861. The Morgan fingerprint density at radius 2 is 1.28 bits per heavy atom. The van der Waals surface area contributed by atoms with E-state index in [4.69, 9.17) is 9.47 Å². The molecular weight excluding hydrogens is 322 g/mol. The van der Waals surface area contributed by atoms with Crippen LogP contribution < -0.4 is 5.43 Å². The van der Waals surface area contributed by atoms with E-state index in [1.54, 1.807) is 13.8 Å². The fourth-order valence-electron chi connectivity index (χ4n) is 3.06. The molecule has 0 N–H and O–H groups in total. The molecule has 6 nitrogen and oxygen atoms in total. The summed E-state index contributed by atoms with van der Waals surface area (Å²) < 4.78 is 12.1. The number of carbonyl (C=O) groups excluding carboxylic acids is 2. The van der Waals surface area contributed by atoms with Gasteiger partial charge in [-0.2, -0.15) is 0 Å². The van der Waals surface area contributed by atoms with Crippen LogP contribution in [-0.2, 0) is 16.0 Å². The van der Waals surface area contributed by atoms with E-state index in [2.05, 4.69) is 4.57 Å². The number of carbonyl (C=O) groups is 2. The Hall–Kier alpha value is -2.63. The molecule has 0 fully saturated rings. The average molecular weight is 345 g/mol. The monoisotopic (exact) mass is 345 g/mol. The van der Waals surface area contributed by atoms with Crippen molar-refractivity contribution in [3.8, 4) is 0 Å². The summed E-state index contributed by atoms with van der Waals surface area (Å²) in [4.78, 5) is 37.3. The van der Waals surface area contributed by atoms with Crippen molar-refractivity contribution in [2.24, 2.45) is 0 Å². The molecule has 1 aromatic heterocycles. The van der Waals surface area contributed by atoms with E-state index in [1.165, 1.54) is 12.1 Å². The van der Waals surface area contributed by atoms with E-state index in [9.17, 15) is 14.4 Å². The molecule has 1 heterocycles. The van der Waals surface area contributed by atoms with Crippen LogP contribution in [0.2, 0.25) is 0 Å². The molecular formula is C19H23NO5. The first-order chi connectivity index (χ1) is 11.9. The zero-order valence-electron chi connectivity index (χ0n) is 15.3. The summed E-state index contributed by atoms with van der Waals surface area (Å²) in [6.07, 6.45) is 0. The maximum Gasteiger partial charge on any atom is 0.342 e. The Balaban J connectivity index is 2.94. The Morgan fingerprint density at radius 3 is 1.60 bits per heavy atom. The number of rotatable bonds is 5. The summed E-state index contributed by atoms with van der Waals surface area (Å²) in [5, 5.41) is 1.49. The molecule has 0 aliphatic rings. The Morgan fingerprint density at radius 1 is 0.880 bits per heavy atom. The summed E-state index contributed by atoms with van der Waals surface area (Å²) in [6, 6.07) is 3.04. The normalized spacial score (nSPS) is 10.8. The second-order valence-corrected chi connectivity index (χ2v) is 5.63. The van der Waals surface area contributed by atoms with Crippen molar-refractivity contribution in [3.63, 3.8) is 0 Å². The first kappa shape index (κ1) is 18.7. The molecule has 0 aliphatic carbocycles. The van der Waals surface area contributed by atoms with E-state index in [-0.39, 0.29) is 24.3 Å². The van der Waals surface area contributed by atoms with E-state index in [0.29, 0.717) is 0 Å². The molecule has 0 radical (unpaired) electrons. The third-order valence-electron chi connectivity index (χ3n) is 4.25. The molecule has 0 spiro atoms. The van der Waals surface area contributed by atoms with Crippen LogP contribution in [0.1, 0.15) is 52.9 Å². The number of ether oxygens (including phenoxy) is 2. The van der Waals surface area contributed by atoms with Gasteiger partial charge in [-0.15, -0.1) is 0 Å². The zero-order chi connectivity index (χ0) is 18.7. The van der Waals surface area contributed by atoms with Gasteiger partial charge in [0, 0.05) is 28.7 Å². The van der Waals surface area contributed by atoms with Crippen molar-refractivity contribution in [1.29, 1.82) is 0 Å². The van der Waals surface area contributed by atoms with E-state index in [0.717, 1.165) is 28.7 Å². The summed E-state index contributed by atoms with van der Waals surface area (Å²) in [5.74, 6) is -1.48. The predicted octanol–water partition coefficient (Wildman–Crippen LogP) is 2.99. The fraction of sp³-hybridized carbons (Fsp3) is 0.421. The molecule has 25 heavy (non-hydrogen) atoms. The second kappa shape index (κ2) is 7.51. The molecule has 0 unspecified atom stereocenters. The molecule has 0 amide bonds. The van der Waals surface area contributed by atoms with Crippen LogP contribution >= 0.6 is 0 Å². The van der Waals surface area contributed by atoms with Crippen LogP contribution in [0.25, 0.3) is 10.8 Å². The first-order valence-corrected chi connectivity index (χ1v) is 8.39. The lowest BCUT2D eigenvalue weighted by Crippen LogP contribution is -2.22. The van der Waals surface area contributed by atoms with Crippen LogP contribution in [0.15, 0.2) is 16.9 Å². The van der Waals surface area contributed by atoms with Crippen molar-refractivity contribution in [2.45, 2.75) is 41.2 Å². The highest BCUT2D eigenvalue weighted by molar-refractivity contribution is 6.01. The number of hydrogen-bond acceptors (Lipinski definition) is 5. The van der Waals surface area contributed by atoms with Crippen LogP contribution in [0.5, 0.6) is 0 Å². The van der Waals surface area contributed by atoms with E-state index in [1.807, 2.05) is 20.8 Å². The molecule has 1 aromatic carbocycles. The molecule has 0 atom stereocenters. The van der Waals surface area contributed by atoms with Crippen molar-refractivity contribution in [1.82, 2.24) is 4.57 Å². The van der Waals surface area contributed by atoms with Gasteiger partial charge in [0.25, 0.3) is 0 Å². The second-order valence-electron chi connectivity index (χ2n) is 5.63. The number of hydrogen-bond donors (Lipinski definition) is 0. The molecule has 0 saturated carbocycles. The standard InChI is InChI=1S/C19H23NO5/c1-6-20-11(4)13-9-15(18(22)24-7-2)17(21)16(19(23)25-8-3)10-14(13)12(20)5/h9-10H,6-8H2,1-5H3. The summed E-state index contributed by atoms with van der Waals surface area (Å²) in [6.45, 7) is 10.2. The van der Waals surface area contributed by atoms with Crippen molar-refractivity contribution in [3.05, 3.63) is 44.9 Å². The average Bonchev–Trinajstić information content (AvgIpc) is 2.70. The van der Waals surface area contributed by atoms with Crippen LogP contribution in [-0.4, -0.2) is 29.7 Å². The van der Waals surface area contributed by atoms with Gasteiger partial charge in [-0.05, 0) is 46.8 Å². The van der Waals surface area contributed by atoms with Crippen LogP contribution in [0, 0.1) is 13.8 Å². The lowest BCUT2D eigenvalue weighted by Gasteiger charge is -2.05. The molecule has 2 rings (SSSR count). The summed E-state index contributed by atoms with van der Waals surface area (Å²) in [7, 11) is 0. The quantitative estimate of drug-likeness (QED) is 0.779. The number of nitrogens with zero attached hydrogens (tertiary/aromatic N) is 1. The van der Waals surface area contributed by atoms with Gasteiger partial charge in [0.2, 0.25) is 5.43 Å². The maximum absolute atomic E-state index is 12.8. The van der Waals surface area contributed by atoms with E-state index >= 15 is 0 Å². The van der Waals surface area contributed by atoms with Crippen molar-refractivity contribution >= 4 is 22.7 Å². The molecule has 0 saturated heterocycles. The lowest BCUT2D eigenvalue weighted by atomic mass is 10.2. The van der Waals surface area contributed by atoms with E-state index < -0.39 is 17.4 Å². The Kier molecular flexibility index (Phi) is 5.62. The Bertz CT molecular complexity index is 827. The van der Waals surface area contributed by atoms with Crippen molar-refractivity contribution < 1.29 is 19.1 Å². The Labute approximate surface area is 146 Å². The zero-order valence-corrected chi connectivity index (χ0v) is 15.3. The minimum absolute atomic E-state index is 0.142. The van der Waals surface area contributed by atoms with Gasteiger partial charge in [-0.3, -0.25) is 4.79 Å². The molecule has 0 bridgehead atoms. The number of fused-ring (bicyclic) bond motifs is 1. The third-order valence-corrected chi connectivity index (χ3v) is 4.25. The van der Waals surface area contributed by atoms with Crippen LogP contribution in [0.3, 0.4) is 0 Å². The number of esters is 2. The highest BCUT2D eigenvalue weighted by Gasteiger charge is 2.22. The lowest BCUT2D eigenvalue weighted by molar-refractivity contribution is 0.0523. The highest BCUT2D eigenvalue weighted by Crippen LogP contribution is 2.26. The van der Waals surface area contributed by atoms with Gasteiger partial charge in [0.15, 0.2) is 0 Å². The van der Waals surface area contributed by atoms with Gasteiger partial charge in [-0.25, -0.2) is 9.59 Å². The molecule has 134 valence electrons. The fourth-order valence-corrected chi connectivity index (χ4v) is 3.06. The minimum Gasteiger partial charge on any atom is -0.462 e. The third kappa shape index (κ3) is 3.29. The first-order valence-electron chi connectivity index (χ1n) is 8.39. The smallest absolute Gasteiger partial charge is 0.342 e. The molecule has 6 heteroatoms. The number of aromatic nitrogens is 1. The highest BCUT2D eigenvalue weighted by atomic mass is 16.5. The topological polar surface area (TPSA) is 74.6 Å². The number of aryl methyl sites for hydroxylation is 2. The van der Waals surface area contributed by atoms with Gasteiger partial charge in [0.1, 0.15) is 11.1 Å². The maximum atomic E-state index is 12.8. The molecule has 0 aliphatic heterocycles. The van der Waals surface area contributed by atoms with Gasteiger partial charge < -0.3 is 14.0 Å². The van der Waals surface area contributed by atoms with Gasteiger partial charge in [0.05, 0.1) is 13.2 Å². The van der Waals surface area contributed by atoms with Gasteiger partial charge in [-0.1, -0.05) is 0 Å². The largest absolute Gasteiger partial charge is 0.462 e. The SMILES string of the molecule is CCOC(=O)c1cc2c(C)n(CC)c(C)c2cc(C(=O)OCC)c1=O. The molecule has 2 aromatic rings. The predicted molar refractivity (Wildman–Crippen MR) is 95.3 cm³/mol. The van der Waals surface area contributed by atoms with Crippen LogP contribution in [0.4, 0.5) is 0 Å². The minimum atomic E-state index is -0.739. The van der Waals surface area contributed by atoms with Crippen molar-refractivity contribution in [2.75, 3.05) is 13.2 Å². The summed E-state index contributed by atoms with van der Waals surface area (Å²) >= 11 is 0.